The highest BCUT2D eigenvalue weighted by Gasteiger charge is 2.51. The molecule has 2 heterocycles. The number of nitrogens with zero attached hydrogens (tertiary/aromatic N) is 3. The lowest BCUT2D eigenvalue weighted by atomic mass is 9.81. The molecule has 0 aromatic rings. The maximum absolute atomic E-state index is 12.6. The molecule has 9 nitrogen and oxygen atoms in total. The SMILES string of the molecule is CC(=O)N1CCN(C(=O)C(C)OC(=O)[C@H](C)N2C(=O)C3CCCCC3C2=O)CC1. The maximum Gasteiger partial charge on any atom is 0.329 e. The molecule has 29 heavy (non-hydrogen) atoms. The summed E-state index contributed by atoms with van der Waals surface area (Å²) in [5.41, 5.74) is 0. The van der Waals surface area contributed by atoms with Gasteiger partial charge in [0.05, 0.1) is 11.8 Å². The standard InChI is InChI=1S/C20H29N3O6/c1-12(23-18(26)15-6-4-5-7-16(15)19(23)27)20(28)29-13(2)17(25)22-10-8-21(9-11-22)14(3)24/h12-13,15-16H,4-11H2,1-3H3/t12-,13?,15?,16?/m0/s1. The normalized spacial score (nSPS) is 26.8. The summed E-state index contributed by atoms with van der Waals surface area (Å²) in [6.07, 6.45) is 2.15. The molecule has 4 atom stereocenters. The summed E-state index contributed by atoms with van der Waals surface area (Å²) in [6.45, 7) is 6.08. The fraction of sp³-hybridized carbons (Fsp3) is 0.750. The van der Waals surface area contributed by atoms with Gasteiger partial charge in [0.25, 0.3) is 5.91 Å². The smallest absolute Gasteiger partial charge is 0.329 e. The second kappa shape index (κ2) is 8.51. The lowest BCUT2D eigenvalue weighted by molar-refractivity contribution is -0.167. The molecule has 0 N–H and O–H groups in total. The first kappa shape index (κ1) is 21.3. The van der Waals surface area contributed by atoms with Gasteiger partial charge in [0.1, 0.15) is 6.04 Å². The number of imide groups is 1. The number of hydrogen-bond donors (Lipinski definition) is 0. The minimum absolute atomic E-state index is 0.0362. The van der Waals surface area contributed by atoms with Gasteiger partial charge in [-0.05, 0) is 26.7 Å². The highest BCUT2D eigenvalue weighted by molar-refractivity contribution is 6.07. The van der Waals surface area contributed by atoms with Gasteiger partial charge in [-0.1, -0.05) is 12.8 Å². The molecule has 1 aliphatic carbocycles. The Bertz CT molecular complexity index is 691. The van der Waals surface area contributed by atoms with E-state index in [9.17, 15) is 24.0 Å². The second-order valence-corrected chi connectivity index (χ2v) is 8.13. The van der Waals surface area contributed by atoms with E-state index < -0.39 is 18.1 Å². The minimum atomic E-state index is -1.05. The molecule has 1 saturated carbocycles. The number of esters is 1. The molecule has 0 radical (unpaired) electrons. The van der Waals surface area contributed by atoms with Crippen molar-refractivity contribution >= 4 is 29.6 Å². The summed E-state index contributed by atoms with van der Waals surface area (Å²) in [4.78, 5) is 66.1. The van der Waals surface area contributed by atoms with Gasteiger partial charge in [0, 0.05) is 33.1 Å². The van der Waals surface area contributed by atoms with E-state index in [0.717, 1.165) is 17.7 Å². The average Bonchev–Trinajstić information content (AvgIpc) is 2.97. The number of likely N-dealkylation sites (tertiary alicyclic amines) is 1. The molecule has 4 amide bonds. The third-order valence-electron chi connectivity index (χ3n) is 6.28. The Morgan fingerprint density at radius 2 is 1.38 bits per heavy atom. The van der Waals surface area contributed by atoms with Crippen molar-refractivity contribution in [3.63, 3.8) is 0 Å². The van der Waals surface area contributed by atoms with Crippen LogP contribution in [-0.4, -0.2) is 82.6 Å². The molecule has 2 saturated heterocycles. The Hall–Kier alpha value is -2.45. The van der Waals surface area contributed by atoms with E-state index >= 15 is 0 Å². The number of rotatable bonds is 4. The van der Waals surface area contributed by atoms with E-state index in [1.54, 1.807) is 9.80 Å². The zero-order chi connectivity index (χ0) is 21.3. The van der Waals surface area contributed by atoms with Crippen LogP contribution in [0, 0.1) is 11.8 Å². The van der Waals surface area contributed by atoms with Gasteiger partial charge in [-0.15, -0.1) is 0 Å². The first-order chi connectivity index (χ1) is 13.7. The first-order valence-electron chi connectivity index (χ1n) is 10.3. The van der Waals surface area contributed by atoms with E-state index in [1.807, 2.05) is 0 Å². The van der Waals surface area contributed by atoms with Crippen molar-refractivity contribution in [3.05, 3.63) is 0 Å². The van der Waals surface area contributed by atoms with Gasteiger partial charge >= 0.3 is 5.97 Å². The Labute approximate surface area is 170 Å². The van der Waals surface area contributed by atoms with Crippen molar-refractivity contribution in [3.8, 4) is 0 Å². The molecule has 3 aliphatic rings. The lowest BCUT2D eigenvalue weighted by Crippen LogP contribution is -2.53. The molecule has 9 heteroatoms. The van der Waals surface area contributed by atoms with E-state index in [-0.39, 0.29) is 35.5 Å². The highest BCUT2D eigenvalue weighted by atomic mass is 16.5. The molecule has 2 aliphatic heterocycles. The number of amides is 4. The van der Waals surface area contributed by atoms with E-state index in [1.165, 1.54) is 20.8 Å². The Morgan fingerprint density at radius 3 is 1.86 bits per heavy atom. The molecule has 0 aromatic carbocycles. The van der Waals surface area contributed by atoms with Crippen LogP contribution >= 0.6 is 0 Å². The largest absolute Gasteiger partial charge is 0.451 e. The molecule has 3 unspecified atom stereocenters. The van der Waals surface area contributed by atoms with Crippen molar-refractivity contribution in [1.82, 2.24) is 14.7 Å². The number of carbonyl (C=O) groups excluding carboxylic acids is 5. The van der Waals surface area contributed by atoms with Gasteiger partial charge in [-0.25, -0.2) is 4.79 Å². The predicted molar refractivity (Wildman–Crippen MR) is 101 cm³/mol. The number of fused-ring (bicyclic) bond motifs is 1. The van der Waals surface area contributed by atoms with Crippen molar-refractivity contribution in [2.45, 2.75) is 58.6 Å². The van der Waals surface area contributed by atoms with Gasteiger partial charge in [-0.3, -0.25) is 24.1 Å². The number of carbonyl (C=O) groups is 5. The quantitative estimate of drug-likeness (QED) is 0.486. The monoisotopic (exact) mass is 407 g/mol. The van der Waals surface area contributed by atoms with E-state index in [0.29, 0.717) is 39.0 Å². The van der Waals surface area contributed by atoms with E-state index in [2.05, 4.69) is 0 Å². The molecule has 3 fully saturated rings. The van der Waals surface area contributed by atoms with Crippen LogP contribution in [0.2, 0.25) is 0 Å². The summed E-state index contributed by atoms with van der Waals surface area (Å²) in [7, 11) is 0. The van der Waals surface area contributed by atoms with Crippen LogP contribution < -0.4 is 0 Å². The number of hydrogen-bond acceptors (Lipinski definition) is 6. The first-order valence-corrected chi connectivity index (χ1v) is 10.3. The molecule has 0 aromatic heterocycles. The van der Waals surface area contributed by atoms with Crippen molar-refractivity contribution < 1.29 is 28.7 Å². The summed E-state index contributed by atoms with van der Waals surface area (Å²) < 4.78 is 5.31. The summed E-state index contributed by atoms with van der Waals surface area (Å²) >= 11 is 0. The van der Waals surface area contributed by atoms with Crippen LogP contribution in [0.3, 0.4) is 0 Å². The Kier molecular flexibility index (Phi) is 6.24. The third-order valence-corrected chi connectivity index (χ3v) is 6.28. The Balaban J connectivity index is 1.56. The fourth-order valence-corrected chi connectivity index (χ4v) is 4.50. The number of piperazine rings is 1. The van der Waals surface area contributed by atoms with Crippen LogP contribution in [-0.2, 0) is 28.7 Å². The topological polar surface area (TPSA) is 104 Å². The second-order valence-electron chi connectivity index (χ2n) is 8.13. The van der Waals surface area contributed by atoms with Crippen LogP contribution in [0.1, 0.15) is 46.5 Å². The predicted octanol–water partition coefficient (Wildman–Crippen LogP) is 0.173. The van der Waals surface area contributed by atoms with Crippen molar-refractivity contribution in [2.24, 2.45) is 11.8 Å². The average molecular weight is 407 g/mol. The summed E-state index contributed by atoms with van der Waals surface area (Å²) in [5.74, 6) is -2.40. The molecule has 160 valence electrons. The highest BCUT2D eigenvalue weighted by Crippen LogP contribution is 2.38. The van der Waals surface area contributed by atoms with Crippen LogP contribution in [0.15, 0.2) is 0 Å². The molecule has 0 spiro atoms. The Morgan fingerprint density at radius 1 is 0.897 bits per heavy atom. The molecule has 3 rings (SSSR count). The van der Waals surface area contributed by atoms with Gasteiger partial charge < -0.3 is 14.5 Å². The lowest BCUT2D eigenvalue weighted by Gasteiger charge is -2.35. The zero-order valence-electron chi connectivity index (χ0n) is 17.3. The van der Waals surface area contributed by atoms with E-state index in [4.69, 9.17) is 4.74 Å². The maximum atomic E-state index is 12.6. The summed E-state index contributed by atoms with van der Waals surface area (Å²) in [6, 6.07) is -1.05. The van der Waals surface area contributed by atoms with Gasteiger partial charge in [-0.2, -0.15) is 0 Å². The molecular formula is C20H29N3O6. The van der Waals surface area contributed by atoms with Gasteiger partial charge in [0.15, 0.2) is 6.10 Å². The van der Waals surface area contributed by atoms with Crippen molar-refractivity contribution in [1.29, 1.82) is 0 Å². The molecular weight excluding hydrogens is 378 g/mol. The fourth-order valence-electron chi connectivity index (χ4n) is 4.50. The van der Waals surface area contributed by atoms with Gasteiger partial charge in [0.2, 0.25) is 17.7 Å². The van der Waals surface area contributed by atoms with Crippen LogP contribution in [0.25, 0.3) is 0 Å². The third kappa shape index (κ3) is 4.13. The zero-order valence-corrected chi connectivity index (χ0v) is 17.3. The summed E-state index contributed by atoms with van der Waals surface area (Å²) in [5, 5.41) is 0. The molecule has 0 bridgehead atoms. The number of ether oxygens (including phenoxy) is 1. The van der Waals surface area contributed by atoms with Crippen LogP contribution in [0.4, 0.5) is 0 Å². The minimum Gasteiger partial charge on any atom is -0.451 e. The van der Waals surface area contributed by atoms with Crippen molar-refractivity contribution in [2.75, 3.05) is 26.2 Å². The van der Waals surface area contributed by atoms with Crippen LogP contribution in [0.5, 0.6) is 0 Å².